The maximum atomic E-state index is 13.2. The van der Waals surface area contributed by atoms with Crippen LogP contribution in [-0.4, -0.2) is 34.5 Å². The normalized spacial score (nSPS) is 11.4. The molecular formula is C22H20FN7O2S. The van der Waals surface area contributed by atoms with E-state index < -0.39 is 15.8 Å². The number of aromatic nitrogens is 4. The third kappa shape index (κ3) is 4.77. The Morgan fingerprint density at radius 1 is 1.09 bits per heavy atom. The number of halogens is 1. The van der Waals surface area contributed by atoms with E-state index >= 15 is 0 Å². The molecule has 0 atom stereocenters. The summed E-state index contributed by atoms with van der Waals surface area (Å²) in [6.45, 7) is 0.132. The minimum atomic E-state index is -3.75. The number of nitriles is 1. The van der Waals surface area contributed by atoms with Gasteiger partial charge in [0.05, 0.1) is 29.5 Å². The first-order valence-electron chi connectivity index (χ1n) is 10.0. The Morgan fingerprint density at radius 2 is 1.82 bits per heavy atom. The Kier molecular flexibility index (Phi) is 6.21. The lowest BCUT2D eigenvalue weighted by molar-refractivity contribution is 0.578. The van der Waals surface area contributed by atoms with Gasteiger partial charge in [0.2, 0.25) is 10.0 Å². The van der Waals surface area contributed by atoms with Gasteiger partial charge in [-0.3, -0.25) is 0 Å². The Morgan fingerprint density at radius 3 is 2.52 bits per heavy atom. The van der Waals surface area contributed by atoms with E-state index in [1.165, 1.54) is 46.0 Å². The van der Waals surface area contributed by atoms with Gasteiger partial charge in [-0.1, -0.05) is 18.2 Å². The zero-order valence-corrected chi connectivity index (χ0v) is 18.2. The predicted octanol–water partition coefficient (Wildman–Crippen LogP) is 2.56. The van der Waals surface area contributed by atoms with Crippen molar-refractivity contribution in [2.24, 2.45) is 0 Å². The van der Waals surface area contributed by atoms with Gasteiger partial charge in [0, 0.05) is 6.54 Å². The Hall–Kier alpha value is -4.01. The van der Waals surface area contributed by atoms with Crippen molar-refractivity contribution >= 4 is 15.8 Å². The van der Waals surface area contributed by atoms with E-state index in [0.29, 0.717) is 24.2 Å². The number of nitrogens with two attached hydrogens (primary N) is 1. The Labute approximate surface area is 189 Å². The van der Waals surface area contributed by atoms with Gasteiger partial charge >= 0.3 is 0 Å². The molecule has 2 aromatic carbocycles. The number of para-hydroxylation sites is 1. The van der Waals surface area contributed by atoms with Crippen molar-refractivity contribution in [3.63, 3.8) is 0 Å². The lowest BCUT2D eigenvalue weighted by Gasteiger charge is -2.04. The molecule has 11 heteroatoms. The first kappa shape index (κ1) is 22.2. The molecule has 4 aromatic rings. The van der Waals surface area contributed by atoms with Gasteiger partial charge in [-0.05, 0) is 49.2 Å². The Balaban J connectivity index is 1.41. The predicted molar refractivity (Wildman–Crippen MR) is 120 cm³/mol. The molecule has 33 heavy (non-hydrogen) atoms. The minimum Gasteiger partial charge on any atom is -0.382 e. The molecule has 3 N–H and O–H groups in total. The van der Waals surface area contributed by atoms with Crippen molar-refractivity contribution in [1.29, 1.82) is 5.26 Å². The zero-order valence-electron chi connectivity index (χ0n) is 17.4. The van der Waals surface area contributed by atoms with Crippen LogP contribution in [0.25, 0.3) is 11.4 Å². The van der Waals surface area contributed by atoms with Crippen LogP contribution in [0.15, 0.2) is 71.9 Å². The highest BCUT2D eigenvalue weighted by Crippen LogP contribution is 2.22. The fraction of sp³-hybridized carbons (Fsp3) is 0.136. The van der Waals surface area contributed by atoms with E-state index in [9.17, 15) is 18.1 Å². The molecule has 0 aliphatic heterocycles. The zero-order chi connectivity index (χ0) is 23.4. The molecule has 9 nitrogen and oxygen atoms in total. The molecule has 0 aliphatic rings. The number of nitrogens with zero attached hydrogens (tertiary/aromatic N) is 5. The molecule has 0 spiro atoms. The van der Waals surface area contributed by atoms with Crippen molar-refractivity contribution < 1.29 is 12.8 Å². The molecule has 2 heterocycles. The van der Waals surface area contributed by atoms with Crippen LogP contribution in [-0.2, 0) is 16.4 Å². The number of nitrogen functional groups attached to an aromatic ring is 1. The third-order valence-electron chi connectivity index (χ3n) is 4.95. The maximum absolute atomic E-state index is 13.2. The summed E-state index contributed by atoms with van der Waals surface area (Å²) in [7, 11) is -3.75. The highest BCUT2D eigenvalue weighted by atomic mass is 32.2. The molecule has 0 bridgehead atoms. The number of nitrogens with one attached hydrogen (secondary N) is 1. The fourth-order valence-electron chi connectivity index (χ4n) is 3.27. The van der Waals surface area contributed by atoms with Gasteiger partial charge in [0.1, 0.15) is 28.2 Å². The average Bonchev–Trinajstić information content (AvgIpc) is 3.44. The average molecular weight is 466 g/mol. The number of aryl methyl sites for hydroxylation is 1. The first-order valence-corrected chi connectivity index (χ1v) is 11.5. The molecular weight excluding hydrogens is 445 g/mol. The number of hydrogen-bond donors (Lipinski definition) is 2. The molecule has 0 amide bonds. The van der Waals surface area contributed by atoms with Crippen molar-refractivity contribution in [1.82, 2.24) is 24.3 Å². The van der Waals surface area contributed by atoms with Crippen molar-refractivity contribution in [2.75, 3.05) is 12.3 Å². The lowest BCUT2D eigenvalue weighted by Crippen LogP contribution is -2.25. The quantitative estimate of drug-likeness (QED) is 0.385. The second-order valence-corrected chi connectivity index (χ2v) is 8.93. The highest BCUT2D eigenvalue weighted by molar-refractivity contribution is 7.89. The van der Waals surface area contributed by atoms with Crippen molar-refractivity contribution in [2.45, 2.75) is 17.7 Å². The molecule has 0 saturated carbocycles. The minimum absolute atomic E-state index is 0.0499. The first-order chi connectivity index (χ1) is 15.9. The van der Waals surface area contributed by atoms with Gasteiger partial charge in [0.15, 0.2) is 0 Å². The number of benzene rings is 2. The van der Waals surface area contributed by atoms with Crippen molar-refractivity contribution in [3.05, 3.63) is 84.1 Å². The molecule has 0 saturated heterocycles. The van der Waals surface area contributed by atoms with Crippen LogP contribution in [0, 0.1) is 17.1 Å². The summed E-state index contributed by atoms with van der Waals surface area (Å²) < 4.78 is 43.8. The van der Waals surface area contributed by atoms with E-state index in [1.54, 1.807) is 0 Å². The van der Waals surface area contributed by atoms with Gasteiger partial charge in [-0.2, -0.15) is 15.5 Å². The highest BCUT2D eigenvalue weighted by Gasteiger charge is 2.19. The van der Waals surface area contributed by atoms with Gasteiger partial charge in [-0.15, -0.1) is 0 Å². The third-order valence-corrected chi connectivity index (χ3v) is 6.36. The van der Waals surface area contributed by atoms with E-state index in [0.717, 1.165) is 5.69 Å². The summed E-state index contributed by atoms with van der Waals surface area (Å²) in [5, 5.41) is 17.9. The van der Waals surface area contributed by atoms with E-state index in [4.69, 9.17) is 5.73 Å². The maximum Gasteiger partial charge on any atom is 0.243 e. The summed E-state index contributed by atoms with van der Waals surface area (Å²) in [6.07, 6.45) is 3.44. The smallest absolute Gasteiger partial charge is 0.243 e. The van der Waals surface area contributed by atoms with Crippen LogP contribution >= 0.6 is 0 Å². The fourth-order valence-corrected chi connectivity index (χ4v) is 4.27. The van der Waals surface area contributed by atoms with Gasteiger partial charge < -0.3 is 5.73 Å². The largest absolute Gasteiger partial charge is 0.382 e. The van der Waals surface area contributed by atoms with Gasteiger partial charge in [-0.25, -0.2) is 26.9 Å². The van der Waals surface area contributed by atoms with E-state index in [2.05, 4.69) is 14.9 Å². The molecule has 0 aliphatic carbocycles. The summed E-state index contributed by atoms with van der Waals surface area (Å²) in [6, 6.07) is 16.8. The van der Waals surface area contributed by atoms with E-state index in [1.807, 2.05) is 36.4 Å². The number of rotatable bonds is 8. The lowest BCUT2D eigenvalue weighted by atomic mass is 10.1. The second kappa shape index (κ2) is 9.23. The van der Waals surface area contributed by atoms with Crippen molar-refractivity contribution in [3.8, 4) is 17.4 Å². The van der Waals surface area contributed by atoms with Gasteiger partial charge in [0.25, 0.3) is 0 Å². The summed E-state index contributed by atoms with van der Waals surface area (Å²) in [5.74, 6) is -0.250. The summed E-state index contributed by atoms with van der Waals surface area (Å²) in [5.41, 5.74) is 7.97. The molecule has 4 rings (SSSR count). The molecule has 0 radical (unpaired) electrons. The Bertz CT molecular complexity index is 1410. The molecule has 2 aromatic heterocycles. The monoisotopic (exact) mass is 465 g/mol. The standard InChI is InChI=1S/C22H20FN7O2S/c23-16-8-10-18(11-9-16)30-22(25)20(13-24)21(28-30)7-4-12-27-33(31,32)19-14-26-29(15-19)17-5-2-1-3-6-17/h1-3,5-6,8-11,14-15,27H,4,7,12,25H2. The van der Waals surface area contributed by atoms with E-state index in [-0.39, 0.29) is 22.8 Å². The molecule has 0 unspecified atom stereocenters. The number of anilines is 1. The molecule has 168 valence electrons. The number of sulfonamides is 1. The summed E-state index contributed by atoms with van der Waals surface area (Å²) >= 11 is 0. The van der Waals surface area contributed by atoms with Crippen LogP contribution in [0.1, 0.15) is 17.7 Å². The molecule has 0 fully saturated rings. The van der Waals surface area contributed by atoms with Crippen LogP contribution in [0.2, 0.25) is 0 Å². The summed E-state index contributed by atoms with van der Waals surface area (Å²) in [4.78, 5) is 0.0499. The second-order valence-electron chi connectivity index (χ2n) is 7.16. The topological polar surface area (TPSA) is 132 Å². The van der Waals surface area contributed by atoms with Crippen LogP contribution < -0.4 is 10.5 Å². The SMILES string of the molecule is N#Cc1c(CCCNS(=O)(=O)c2cnn(-c3ccccc3)c2)nn(-c2ccc(F)cc2)c1N. The van der Waals surface area contributed by atoms with Crippen LogP contribution in [0.3, 0.4) is 0 Å². The van der Waals surface area contributed by atoms with Crippen LogP contribution in [0.4, 0.5) is 10.2 Å². The van der Waals surface area contributed by atoms with Crippen LogP contribution in [0.5, 0.6) is 0 Å². The number of hydrogen-bond acceptors (Lipinski definition) is 6.